The van der Waals surface area contributed by atoms with Gasteiger partial charge in [-0.05, 0) is 41.8 Å². The number of hydrogen-bond acceptors (Lipinski definition) is 2. The van der Waals surface area contributed by atoms with Crippen LogP contribution < -0.4 is 5.73 Å². The van der Waals surface area contributed by atoms with Gasteiger partial charge in [-0.1, -0.05) is 41.4 Å². The van der Waals surface area contributed by atoms with Crippen LogP contribution in [0.15, 0.2) is 42.5 Å². The van der Waals surface area contributed by atoms with E-state index in [1.54, 1.807) is 18.2 Å². The van der Waals surface area contributed by atoms with Gasteiger partial charge in [0.05, 0.1) is 0 Å². The van der Waals surface area contributed by atoms with Gasteiger partial charge in [0.1, 0.15) is 5.78 Å². The Kier molecular flexibility index (Phi) is 5.05. The van der Waals surface area contributed by atoms with E-state index in [1.807, 2.05) is 24.3 Å². The van der Waals surface area contributed by atoms with Crippen molar-refractivity contribution >= 4 is 34.7 Å². The van der Waals surface area contributed by atoms with Crippen LogP contribution in [0, 0.1) is 0 Å². The molecule has 104 valence electrons. The van der Waals surface area contributed by atoms with Crippen LogP contribution in [-0.4, -0.2) is 5.78 Å². The highest BCUT2D eigenvalue weighted by molar-refractivity contribution is 6.35. The van der Waals surface area contributed by atoms with E-state index in [9.17, 15) is 4.79 Å². The molecule has 0 aliphatic heterocycles. The fourth-order valence-electron chi connectivity index (χ4n) is 1.93. The minimum absolute atomic E-state index is 0.158. The summed E-state index contributed by atoms with van der Waals surface area (Å²) in [4.78, 5) is 12.0. The van der Waals surface area contributed by atoms with Gasteiger partial charge in [-0.25, -0.2) is 0 Å². The second kappa shape index (κ2) is 6.78. The highest BCUT2D eigenvalue weighted by Gasteiger charge is 2.08. The Bertz CT molecular complexity index is 608. The number of carbonyl (C=O) groups excluding carboxylic acids is 1. The summed E-state index contributed by atoms with van der Waals surface area (Å²) in [6.07, 6.45) is 1.54. The van der Waals surface area contributed by atoms with Gasteiger partial charge < -0.3 is 5.73 Å². The molecule has 2 rings (SSSR count). The minimum Gasteiger partial charge on any atom is -0.399 e. The number of nitrogens with two attached hydrogens (primary N) is 1. The molecule has 0 aromatic heterocycles. The molecule has 2 aromatic carbocycles. The van der Waals surface area contributed by atoms with Crippen LogP contribution in [0.2, 0.25) is 10.0 Å². The molecule has 4 heteroatoms. The summed E-state index contributed by atoms with van der Waals surface area (Å²) in [6.45, 7) is 0. The third-order valence-electron chi connectivity index (χ3n) is 3.07. The minimum atomic E-state index is 0.158. The lowest BCUT2D eigenvalue weighted by Gasteiger charge is -2.05. The van der Waals surface area contributed by atoms with Crippen molar-refractivity contribution in [2.45, 2.75) is 19.3 Å². The van der Waals surface area contributed by atoms with E-state index in [1.165, 1.54) is 0 Å². The van der Waals surface area contributed by atoms with Crippen LogP contribution in [0.4, 0.5) is 5.69 Å². The number of anilines is 1. The first kappa shape index (κ1) is 14.9. The van der Waals surface area contributed by atoms with E-state index in [0.717, 1.165) is 16.8 Å². The number of carbonyl (C=O) groups is 1. The summed E-state index contributed by atoms with van der Waals surface area (Å²) in [5.74, 6) is 0.158. The van der Waals surface area contributed by atoms with E-state index in [2.05, 4.69) is 0 Å². The number of aryl methyl sites for hydroxylation is 1. The molecule has 2 N–H and O–H groups in total. The van der Waals surface area contributed by atoms with Gasteiger partial charge in [-0.2, -0.15) is 0 Å². The molecule has 2 nitrogen and oxygen atoms in total. The first-order valence-electron chi connectivity index (χ1n) is 6.34. The number of halogens is 2. The second-order valence-electron chi connectivity index (χ2n) is 4.69. The molecule has 0 fully saturated rings. The Morgan fingerprint density at radius 1 is 1.05 bits per heavy atom. The summed E-state index contributed by atoms with van der Waals surface area (Å²) in [5.41, 5.74) is 8.28. The van der Waals surface area contributed by atoms with Crippen LogP contribution in [0.5, 0.6) is 0 Å². The average Bonchev–Trinajstić information content (AvgIpc) is 2.41. The van der Waals surface area contributed by atoms with E-state index in [-0.39, 0.29) is 5.78 Å². The standard InChI is InChI=1S/C16H15Cl2NO/c17-13-5-4-12(16(18)10-13)9-15(20)8-3-11-1-6-14(19)7-2-11/h1-2,4-7,10H,3,8-9,19H2. The number of rotatable bonds is 5. The van der Waals surface area contributed by atoms with Crippen LogP contribution in [0.25, 0.3) is 0 Å². The summed E-state index contributed by atoms with van der Waals surface area (Å²) < 4.78 is 0. The molecule has 0 saturated heterocycles. The maximum Gasteiger partial charge on any atom is 0.137 e. The number of Topliss-reactive ketones (excluding diaryl/α,β-unsaturated/α-hetero) is 1. The molecule has 0 aliphatic rings. The Morgan fingerprint density at radius 3 is 2.40 bits per heavy atom. The van der Waals surface area contributed by atoms with Crippen molar-refractivity contribution in [3.8, 4) is 0 Å². The molecule has 0 aliphatic carbocycles. The Labute approximate surface area is 128 Å². The quantitative estimate of drug-likeness (QED) is 0.836. The predicted molar refractivity (Wildman–Crippen MR) is 84.3 cm³/mol. The number of ketones is 1. The van der Waals surface area contributed by atoms with Gasteiger partial charge in [0, 0.05) is 28.6 Å². The van der Waals surface area contributed by atoms with Gasteiger partial charge in [0.25, 0.3) is 0 Å². The first-order chi connectivity index (χ1) is 9.54. The zero-order chi connectivity index (χ0) is 14.5. The summed E-state index contributed by atoms with van der Waals surface area (Å²) in [5, 5.41) is 1.12. The zero-order valence-electron chi connectivity index (χ0n) is 10.9. The monoisotopic (exact) mass is 307 g/mol. The van der Waals surface area contributed by atoms with Crippen molar-refractivity contribution in [2.75, 3.05) is 5.73 Å². The molecule has 2 aromatic rings. The van der Waals surface area contributed by atoms with Crippen LogP contribution in [0.1, 0.15) is 17.5 Å². The lowest BCUT2D eigenvalue weighted by Crippen LogP contribution is -2.05. The molecule has 0 bridgehead atoms. The van der Waals surface area contributed by atoms with Crippen molar-refractivity contribution in [3.05, 3.63) is 63.6 Å². The Hall–Kier alpha value is -1.51. The SMILES string of the molecule is Nc1ccc(CCC(=O)Cc2ccc(Cl)cc2Cl)cc1. The van der Waals surface area contributed by atoms with E-state index in [4.69, 9.17) is 28.9 Å². The zero-order valence-corrected chi connectivity index (χ0v) is 12.4. The van der Waals surface area contributed by atoms with E-state index >= 15 is 0 Å². The summed E-state index contributed by atoms with van der Waals surface area (Å²) in [6, 6.07) is 12.8. The van der Waals surface area contributed by atoms with Gasteiger partial charge >= 0.3 is 0 Å². The molecule has 0 saturated carbocycles. The van der Waals surface area contributed by atoms with Gasteiger partial charge in [-0.3, -0.25) is 4.79 Å². The number of nitrogen functional groups attached to an aromatic ring is 1. The Morgan fingerprint density at radius 2 is 1.75 bits per heavy atom. The molecule has 0 heterocycles. The molecule has 0 amide bonds. The van der Waals surface area contributed by atoms with Gasteiger partial charge in [0.15, 0.2) is 0 Å². The third kappa shape index (κ3) is 4.26. The molecule has 0 unspecified atom stereocenters. The predicted octanol–water partition coefficient (Wildman–Crippen LogP) is 4.32. The summed E-state index contributed by atoms with van der Waals surface area (Å²) in [7, 11) is 0. The maximum absolute atomic E-state index is 12.0. The number of hydrogen-bond donors (Lipinski definition) is 1. The largest absolute Gasteiger partial charge is 0.399 e. The molecule has 20 heavy (non-hydrogen) atoms. The lowest BCUT2D eigenvalue weighted by atomic mass is 10.0. The molecule has 0 radical (unpaired) electrons. The highest BCUT2D eigenvalue weighted by Crippen LogP contribution is 2.22. The van der Waals surface area contributed by atoms with Crippen molar-refractivity contribution in [3.63, 3.8) is 0 Å². The van der Waals surface area contributed by atoms with Crippen LogP contribution in [-0.2, 0) is 17.6 Å². The smallest absolute Gasteiger partial charge is 0.137 e. The fourth-order valence-corrected chi connectivity index (χ4v) is 2.41. The van der Waals surface area contributed by atoms with Crippen molar-refractivity contribution in [1.29, 1.82) is 0 Å². The topological polar surface area (TPSA) is 43.1 Å². The average molecular weight is 308 g/mol. The summed E-state index contributed by atoms with van der Waals surface area (Å²) >= 11 is 11.9. The van der Waals surface area contributed by atoms with Crippen molar-refractivity contribution in [1.82, 2.24) is 0 Å². The Balaban J connectivity index is 1.90. The van der Waals surface area contributed by atoms with E-state index < -0.39 is 0 Å². The lowest BCUT2D eigenvalue weighted by molar-refractivity contribution is -0.118. The maximum atomic E-state index is 12.0. The molecule has 0 atom stereocenters. The van der Waals surface area contributed by atoms with Gasteiger partial charge in [0.2, 0.25) is 0 Å². The van der Waals surface area contributed by atoms with Crippen molar-refractivity contribution < 1.29 is 4.79 Å². The third-order valence-corrected chi connectivity index (χ3v) is 3.66. The van der Waals surface area contributed by atoms with Crippen LogP contribution in [0.3, 0.4) is 0 Å². The molecular formula is C16H15Cl2NO. The first-order valence-corrected chi connectivity index (χ1v) is 7.10. The fraction of sp³-hybridized carbons (Fsp3) is 0.188. The number of benzene rings is 2. The van der Waals surface area contributed by atoms with Crippen molar-refractivity contribution in [2.24, 2.45) is 0 Å². The second-order valence-corrected chi connectivity index (χ2v) is 5.54. The normalized spacial score (nSPS) is 10.5. The van der Waals surface area contributed by atoms with E-state index in [0.29, 0.717) is 29.3 Å². The van der Waals surface area contributed by atoms with Gasteiger partial charge in [-0.15, -0.1) is 0 Å². The van der Waals surface area contributed by atoms with Crippen LogP contribution >= 0.6 is 23.2 Å². The molecular weight excluding hydrogens is 293 g/mol. The molecule has 0 spiro atoms. The highest BCUT2D eigenvalue weighted by atomic mass is 35.5.